The summed E-state index contributed by atoms with van der Waals surface area (Å²) < 4.78 is 1.88. The molecule has 0 aliphatic heterocycles. The maximum atomic E-state index is 6.09. The molecule has 168 valence electrons. The fraction of sp³-hybridized carbons (Fsp3) is 0. The maximum Gasteiger partial charge on any atom is 0.102 e. The van der Waals surface area contributed by atoms with E-state index in [0.29, 0.717) is 5.02 Å². The Morgan fingerprint density at radius 2 is 1.23 bits per heavy atom. The van der Waals surface area contributed by atoms with Crippen molar-refractivity contribution in [2.75, 3.05) is 0 Å². The third-order valence-corrected chi connectivity index (χ3v) is 6.26. The molecule has 0 amide bonds. The Bertz CT molecular complexity index is 1570. The molecule has 0 saturated heterocycles. The van der Waals surface area contributed by atoms with Gasteiger partial charge in [0.15, 0.2) is 0 Å². The zero-order chi connectivity index (χ0) is 23.6. The molecule has 6 aromatic rings. The zero-order valence-corrected chi connectivity index (χ0v) is 19.5. The Kier molecular flexibility index (Phi) is 5.49. The lowest BCUT2D eigenvalue weighted by Gasteiger charge is -2.02. The number of H-pyrrole nitrogens is 1. The topological polar surface area (TPSA) is 46.5 Å². The van der Waals surface area contributed by atoms with Crippen molar-refractivity contribution < 1.29 is 0 Å². The molecule has 0 spiro atoms. The predicted octanol–water partition coefficient (Wildman–Crippen LogP) is 7.92. The van der Waals surface area contributed by atoms with E-state index in [1.165, 1.54) is 11.1 Å². The van der Waals surface area contributed by atoms with Gasteiger partial charge in [0.05, 0.1) is 17.1 Å². The quantitative estimate of drug-likeness (QED) is 0.277. The molecule has 4 aromatic carbocycles. The second-order valence-corrected chi connectivity index (χ2v) is 8.73. The molecule has 1 N–H and O–H groups in total. The number of nitrogens with zero attached hydrogens (tertiary/aromatic N) is 3. The summed E-state index contributed by atoms with van der Waals surface area (Å²) in [6.45, 7) is 0. The summed E-state index contributed by atoms with van der Waals surface area (Å²) in [6, 6.07) is 38.8. The number of aromatic amines is 1. The highest BCUT2D eigenvalue weighted by atomic mass is 35.5. The summed E-state index contributed by atoms with van der Waals surface area (Å²) in [4.78, 5) is 0. The van der Waals surface area contributed by atoms with E-state index in [1.54, 1.807) is 0 Å². The summed E-state index contributed by atoms with van der Waals surface area (Å²) in [7, 11) is 0. The first-order valence-electron chi connectivity index (χ1n) is 11.4. The van der Waals surface area contributed by atoms with Gasteiger partial charge in [0, 0.05) is 27.9 Å². The molecule has 0 radical (unpaired) electrons. The Hall–Kier alpha value is -4.41. The van der Waals surface area contributed by atoms with Gasteiger partial charge in [-0.15, -0.1) is 0 Å². The molecule has 0 atom stereocenters. The summed E-state index contributed by atoms with van der Waals surface area (Å²) in [5.41, 5.74) is 9.07. The van der Waals surface area contributed by atoms with Gasteiger partial charge in [0.25, 0.3) is 0 Å². The normalized spacial score (nSPS) is 11.0. The number of hydrogen-bond acceptors (Lipinski definition) is 2. The first-order chi connectivity index (χ1) is 17.2. The summed E-state index contributed by atoms with van der Waals surface area (Å²) in [5.74, 6) is 0. The molecule has 4 nitrogen and oxygen atoms in total. The number of halogens is 1. The second-order valence-electron chi connectivity index (χ2n) is 8.29. The molecular formula is C30H21ClN4. The highest BCUT2D eigenvalue weighted by molar-refractivity contribution is 6.30. The SMILES string of the molecule is Clc1ccc(-n2cc(-c3cc(-c4ccc(-c5ccccc5)cc4)n[nH]3)c(-c3ccccc3)n2)cc1. The molecule has 5 heteroatoms. The smallest absolute Gasteiger partial charge is 0.102 e. The Morgan fingerprint density at radius 3 is 1.91 bits per heavy atom. The standard InChI is InChI=1S/C30H21ClN4/c31-25-15-17-26(18-16-25)35-20-27(30(34-35)24-9-5-2-6-10-24)29-19-28(32-33-29)23-13-11-22(12-14-23)21-7-3-1-4-8-21/h1-20H,(H,32,33). The van der Waals surface area contributed by atoms with Gasteiger partial charge >= 0.3 is 0 Å². The molecular weight excluding hydrogens is 452 g/mol. The van der Waals surface area contributed by atoms with Crippen molar-refractivity contribution >= 4 is 11.6 Å². The predicted molar refractivity (Wildman–Crippen MR) is 142 cm³/mol. The minimum absolute atomic E-state index is 0.695. The van der Waals surface area contributed by atoms with Gasteiger partial charge in [-0.25, -0.2) is 4.68 Å². The molecule has 6 rings (SSSR count). The Morgan fingerprint density at radius 1 is 0.629 bits per heavy atom. The van der Waals surface area contributed by atoms with Gasteiger partial charge in [0.1, 0.15) is 5.69 Å². The van der Waals surface area contributed by atoms with Crippen LogP contribution >= 0.6 is 11.6 Å². The molecule has 0 unspecified atom stereocenters. The van der Waals surface area contributed by atoms with E-state index in [-0.39, 0.29) is 0 Å². The van der Waals surface area contributed by atoms with Crippen LogP contribution in [0.2, 0.25) is 5.02 Å². The van der Waals surface area contributed by atoms with Crippen LogP contribution in [0.25, 0.3) is 50.6 Å². The number of aromatic nitrogens is 4. The van der Waals surface area contributed by atoms with E-state index in [9.17, 15) is 0 Å². The van der Waals surface area contributed by atoms with Crippen LogP contribution in [0.1, 0.15) is 0 Å². The second kappa shape index (κ2) is 9.09. The average molecular weight is 473 g/mol. The van der Waals surface area contributed by atoms with Crippen molar-refractivity contribution in [1.82, 2.24) is 20.0 Å². The maximum absolute atomic E-state index is 6.09. The molecule has 0 saturated carbocycles. The third-order valence-electron chi connectivity index (χ3n) is 6.01. The van der Waals surface area contributed by atoms with Gasteiger partial charge in [-0.05, 0) is 41.5 Å². The van der Waals surface area contributed by atoms with Crippen LogP contribution in [0.5, 0.6) is 0 Å². The minimum atomic E-state index is 0.695. The van der Waals surface area contributed by atoms with E-state index in [0.717, 1.165) is 39.5 Å². The Labute approximate surface area is 208 Å². The van der Waals surface area contributed by atoms with E-state index >= 15 is 0 Å². The monoisotopic (exact) mass is 472 g/mol. The van der Waals surface area contributed by atoms with E-state index < -0.39 is 0 Å². The first-order valence-corrected chi connectivity index (χ1v) is 11.7. The number of hydrogen-bond donors (Lipinski definition) is 1. The molecule has 2 aromatic heterocycles. The molecule has 35 heavy (non-hydrogen) atoms. The lowest BCUT2D eigenvalue weighted by Crippen LogP contribution is -1.94. The molecule has 2 heterocycles. The van der Waals surface area contributed by atoms with E-state index in [4.69, 9.17) is 16.7 Å². The number of benzene rings is 4. The van der Waals surface area contributed by atoms with Gasteiger partial charge in [-0.2, -0.15) is 10.2 Å². The largest absolute Gasteiger partial charge is 0.277 e. The van der Waals surface area contributed by atoms with Crippen LogP contribution in [-0.2, 0) is 0 Å². The number of rotatable bonds is 5. The van der Waals surface area contributed by atoms with Crippen LogP contribution in [0.4, 0.5) is 0 Å². The molecule has 0 fully saturated rings. The van der Waals surface area contributed by atoms with Crippen LogP contribution in [0, 0.1) is 0 Å². The van der Waals surface area contributed by atoms with Crippen molar-refractivity contribution in [2.45, 2.75) is 0 Å². The first kappa shape index (κ1) is 21.1. The summed E-state index contributed by atoms with van der Waals surface area (Å²) in [5, 5.41) is 13.4. The Balaban J connectivity index is 1.38. The van der Waals surface area contributed by atoms with Gasteiger partial charge in [0.2, 0.25) is 0 Å². The van der Waals surface area contributed by atoms with Crippen molar-refractivity contribution in [3.05, 3.63) is 126 Å². The van der Waals surface area contributed by atoms with Crippen molar-refractivity contribution in [3.8, 4) is 50.6 Å². The van der Waals surface area contributed by atoms with Crippen molar-refractivity contribution in [2.24, 2.45) is 0 Å². The molecule has 0 bridgehead atoms. The fourth-order valence-corrected chi connectivity index (χ4v) is 4.30. The van der Waals surface area contributed by atoms with Gasteiger partial charge < -0.3 is 0 Å². The summed E-state index contributed by atoms with van der Waals surface area (Å²) in [6.07, 6.45) is 2.03. The number of nitrogens with one attached hydrogen (secondary N) is 1. The van der Waals surface area contributed by atoms with Crippen molar-refractivity contribution in [1.29, 1.82) is 0 Å². The summed E-state index contributed by atoms with van der Waals surface area (Å²) >= 11 is 6.09. The zero-order valence-electron chi connectivity index (χ0n) is 18.8. The van der Waals surface area contributed by atoms with Gasteiger partial charge in [-0.1, -0.05) is 96.5 Å². The third kappa shape index (κ3) is 4.27. The van der Waals surface area contributed by atoms with Crippen LogP contribution in [0.15, 0.2) is 121 Å². The molecule has 0 aliphatic rings. The van der Waals surface area contributed by atoms with Crippen molar-refractivity contribution in [3.63, 3.8) is 0 Å². The van der Waals surface area contributed by atoms with Gasteiger partial charge in [-0.3, -0.25) is 5.10 Å². The fourth-order valence-electron chi connectivity index (χ4n) is 4.18. The molecule has 0 aliphatic carbocycles. The van der Waals surface area contributed by atoms with Crippen LogP contribution in [0.3, 0.4) is 0 Å². The lowest BCUT2D eigenvalue weighted by molar-refractivity contribution is 0.884. The average Bonchev–Trinajstić information content (AvgIpc) is 3.58. The van der Waals surface area contributed by atoms with Crippen LogP contribution < -0.4 is 0 Å². The van der Waals surface area contributed by atoms with E-state index in [1.807, 2.05) is 59.4 Å². The highest BCUT2D eigenvalue weighted by Gasteiger charge is 2.17. The minimum Gasteiger partial charge on any atom is -0.277 e. The van der Waals surface area contributed by atoms with E-state index in [2.05, 4.69) is 76.9 Å². The lowest BCUT2D eigenvalue weighted by atomic mass is 10.0. The highest BCUT2D eigenvalue weighted by Crippen LogP contribution is 2.33. The van der Waals surface area contributed by atoms with Crippen LogP contribution in [-0.4, -0.2) is 20.0 Å².